The van der Waals surface area contributed by atoms with Gasteiger partial charge in [-0.2, -0.15) is 0 Å². The number of benzene rings is 1. The first-order valence-corrected chi connectivity index (χ1v) is 8.44. The molecule has 2 N–H and O–H groups in total. The van der Waals surface area contributed by atoms with Crippen molar-refractivity contribution in [3.05, 3.63) is 28.2 Å². The number of aryl methyl sites for hydroxylation is 1. The minimum atomic E-state index is -0.971. The molecule has 22 heavy (non-hydrogen) atoms. The highest BCUT2D eigenvalue weighted by atomic mass is 79.9. The molecule has 0 aliphatic carbocycles. The van der Waals surface area contributed by atoms with E-state index in [1.165, 1.54) is 5.56 Å². The van der Waals surface area contributed by atoms with E-state index in [1.54, 1.807) is 0 Å². The minimum Gasteiger partial charge on any atom is -0.494 e. The number of carboxylic acid groups (broad SMARTS) is 1. The molecule has 1 rings (SSSR count). The number of amides is 1. The summed E-state index contributed by atoms with van der Waals surface area (Å²) in [4.78, 5) is 10.9. The van der Waals surface area contributed by atoms with Gasteiger partial charge in [0.2, 0.25) is 0 Å². The molecule has 1 amide bonds. The average molecular weight is 372 g/mol. The smallest absolute Gasteiger partial charge is 0.404 e. The van der Waals surface area contributed by atoms with Crippen LogP contribution in [0.5, 0.6) is 5.75 Å². The number of ether oxygens (including phenoxy) is 1. The molecule has 0 bridgehead atoms. The van der Waals surface area contributed by atoms with Gasteiger partial charge >= 0.3 is 6.09 Å². The van der Waals surface area contributed by atoms with E-state index in [1.807, 2.05) is 39.0 Å². The summed E-state index contributed by atoms with van der Waals surface area (Å²) in [5.74, 6) is 0.860. The molecule has 5 heteroatoms. The lowest BCUT2D eigenvalue weighted by atomic mass is 9.84. The van der Waals surface area contributed by atoms with Crippen molar-refractivity contribution < 1.29 is 14.6 Å². The zero-order valence-electron chi connectivity index (χ0n) is 13.8. The highest BCUT2D eigenvalue weighted by Gasteiger charge is 2.25. The van der Waals surface area contributed by atoms with E-state index in [0.717, 1.165) is 29.5 Å². The summed E-state index contributed by atoms with van der Waals surface area (Å²) in [6.45, 7) is 8.80. The number of halogens is 1. The Hall–Kier alpha value is -1.23. The van der Waals surface area contributed by atoms with Gasteiger partial charge < -0.3 is 15.2 Å². The summed E-state index contributed by atoms with van der Waals surface area (Å²) in [7, 11) is 0. The van der Waals surface area contributed by atoms with Gasteiger partial charge in [-0.25, -0.2) is 4.79 Å². The molecule has 0 radical (unpaired) electrons. The fraction of sp³-hybridized carbons (Fsp3) is 0.588. The van der Waals surface area contributed by atoms with Crippen LogP contribution in [0.4, 0.5) is 4.79 Å². The van der Waals surface area contributed by atoms with Gasteiger partial charge in [0.1, 0.15) is 5.75 Å². The molecule has 0 spiro atoms. The fourth-order valence-electron chi connectivity index (χ4n) is 2.26. The minimum absolute atomic E-state index is 0.0790. The summed E-state index contributed by atoms with van der Waals surface area (Å²) in [5, 5.41) is 11.5. The first-order valence-electron chi connectivity index (χ1n) is 7.64. The lowest BCUT2D eigenvalue weighted by molar-refractivity contribution is 0.168. The van der Waals surface area contributed by atoms with E-state index in [0.29, 0.717) is 6.61 Å². The Balaban J connectivity index is 2.47. The van der Waals surface area contributed by atoms with Crippen molar-refractivity contribution >= 4 is 22.0 Å². The van der Waals surface area contributed by atoms with Gasteiger partial charge in [-0.3, -0.25) is 0 Å². The van der Waals surface area contributed by atoms with Crippen LogP contribution in [0.2, 0.25) is 0 Å². The second-order valence-electron chi connectivity index (χ2n) is 6.47. The molecule has 0 fully saturated rings. The summed E-state index contributed by atoms with van der Waals surface area (Å²) in [6.07, 6.45) is 1.54. The predicted octanol–water partition coefficient (Wildman–Crippen LogP) is 4.85. The average Bonchev–Trinajstić information content (AvgIpc) is 2.42. The van der Waals surface area contributed by atoms with Gasteiger partial charge in [-0.15, -0.1) is 0 Å². The highest BCUT2D eigenvalue weighted by Crippen LogP contribution is 2.25. The van der Waals surface area contributed by atoms with Crippen LogP contribution in [0, 0.1) is 5.41 Å². The van der Waals surface area contributed by atoms with Crippen molar-refractivity contribution in [2.24, 2.45) is 5.41 Å². The highest BCUT2D eigenvalue weighted by molar-refractivity contribution is 9.10. The molecule has 0 aliphatic heterocycles. The third kappa shape index (κ3) is 6.26. The molecule has 1 unspecified atom stereocenters. The molecule has 124 valence electrons. The summed E-state index contributed by atoms with van der Waals surface area (Å²) < 4.78 is 6.87. The monoisotopic (exact) mass is 371 g/mol. The number of hydrogen-bond donors (Lipinski definition) is 2. The van der Waals surface area contributed by atoms with Crippen molar-refractivity contribution in [2.75, 3.05) is 6.61 Å². The first-order chi connectivity index (χ1) is 10.2. The SMILES string of the molecule is CCc1cc(OCCCC(NC(=O)O)C(C)(C)C)ccc1Br. The molecular formula is C17H26BrNO3. The van der Waals surface area contributed by atoms with E-state index in [2.05, 4.69) is 28.2 Å². The Kier molecular flexibility index (Phi) is 7.20. The predicted molar refractivity (Wildman–Crippen MR) is 92.7 cm³/mol. The molecule has 0 aromatic heterocycles. The van der Waals surface area contributed by atoms with Crippen LogP contribution in [0.3, 0.4) is 0 Å². The van der Waals surface area contributed by atoms with Crippen molar-refractivity contribution in [3.8, 4) is 5.75 Å². The van der Waals surface area contributed by atoms with Crippen LogP contribution in [-0.2, 0) is 6.42 Å². The second kappa shape index (κ2) is 8.42. The zero-order chi connectivity index (χ0) is 16.8. The van der Waals surface area contributed by atoms with Crippen LogP contribution < -0.4 is 10.1 Å². The molecule has 4 nitrogen and oxygen atoms in total. The van der Waals surface area contributed by atoms with Gasteiger partial charge in [-0.05, 0) is 48.4 Å². The Morgan fingerprint density at radius 1 is 1.41 bits per heavy atom. The van der Waals surface area contributed by atoms with E-state index in [9.17, 15) is 4.79 Å². The topological polar surface area (TPSA) is 58.6 Å². The third-order valence-electron chi connectivity index (χ3n) is 3.65. The number of nitrogens with one attached hydrogen (secondary N) is 1. The number of hydrogen-bond acceptors (Lipinski definition) is 2. The van der Waals surface area contributed by atoms with Gasteiger partial charge in [0, 0.05) is 10.5 Å². The van der Waals surface area contributed by atoms with Crippen molar-refractivity contribution in [3.63, 3.8) is 0 Å². The van der Waals surface area contributed by atoms with Crippen LogP contribution in [-0.4, -0.2) is 23.8 Å². The Labute approximate surface area is 141 Å². The first kappa shape index (κ1) is 18.8. The van der Waals surface area contributed by atoms with E-state index >= 15 is 0 Å². The number of rotatable bonds is 7. The second-order valence-corrected chi connectivity index (χ2v) is 7.32. The van der Waals surface area contributed by atoms with Crippen molar-refractivity contribution in [2.45, 2.75) is 53.0 Å². The zero-order valence-corrected chi connectivity index (χ0v) is 15.4. The van der Waals surface area contributed by atoms with E-state index < -0.39 is 6.09 Å². The van der Waals surface area contributed by atoms with Crippen LogP contribution >= 0.6 is 15.9 Å². The number of carbonyl (C=O) groups is 1. The quantitative estimate of drug-likeness (QED) is 0.673. The van der Waals surface area contributed by atoms with Crippen LogP contribution in [0.1, 0.15) is 46.1 Å². The van der Waals surface area contributed by atoms with Crippen molar-refractivity contribution in [1.82, 2.24) is 5.32 Å². The van der Waals surface area contributed by atoms with E-state index in [4.69, 9.17) is 9.84 Å². The molecule has 0 aliphatic rings. The van der Waals surface area contributed by atoms with Crippen molar-refractivity contribution in [1.29, 1.82) is 0 Å². The standard InChI is InChI=1S/C17H26BrNO3/c1-5-12-11-13(8-9-14(12)18)22-10-6-7-15(17(2,3)4)19-16(20)21/h8-9,11,15,19H,5-7,10H2,1-4H3,(H,20,21). The van der Waals surface area contributed by atoms with Crippen LogP contribution in [0.25, 0.3) is 0 Å². The van der Waals surface area contributed by atoms with Gasteiger partial charge in [0.25, 0.3) is 0 Å². The largest absolute Gasteiger partial charge is 0.494 e. The molecule has 0 heterocycles. The van der Waals surface area contributed by atoms with Crippen LogP contribution in [0.15, 0.2) is 22.7 Å². The third-order valence-corrected chi connectivity index (χ3v) is 4.42. The van der Waals surface area contributed by atoms with E-state index in [-0.39, 0.29) is 11.5 Å². The Morgan fingerprint density at radius 3 is 2.64 bits per heavy atom. The maximum absolute atomic E-state index is 10.9. The molecule has 1 atom stereocenters. The lowest BCUT2D eigenvalue weighted by Gasteiger charge is -2.30. The fourth-order valence-corrected chi connectivity index (χ4v) is 2.79. The molecule has 1 aromatic carbocycles. The van der Waals surface area contributed by atoms with Gasteiger partial charge in [0.15, 0.2) is 0 Å². The normalized spacial score (nSPS) is 12.8. The Morgan fingerprint density at radius 2 is 2.09 bits per heavy atom. The maximum atomic E-state index is 10.9. The molecule has 0 saturated heterocycles. The molecule has 0 saturated carbocycles. The Bertz CT molecular complexity index is 497. The van der Waals surface area contributed by atoms with Gasteiger partial charge in [0.05, 0.1) is 6.61 Å². The molecular weight excluding hydrogens is 346 g/mol. The summed E-state index contributed by atoms with van der Waals surface area (Å²) in [5.41, 5.74) is 1.11. The lowest BCUT2D eigenvalue weighted by Crippen LogP contribution is -2.43. The summed E-state index contributed by atoms with van der Waals surface area (Å²) in [6, 6.07) is 5.91. The molecule has 1 aromatic rings. The summed E-state index contributed by atoms with van der Waals surface area (Å²) >= 11 is 3.52. The van der Waals surface area contributed by atoms with Gasteiger partial charge in [-0.1, -0.05) is 43.6 Å². The maximum Gasteiger partial charge on any atom is 0.404 e.